The molecule has 0 spiro atoms. The third-order valence-electron chi connectivity index (χ3n) is 6.67. The quantitative estimate of drug-likeness (QED) is 0.258. The molecule has 0 saturated carbocycles. The number of nitrogens with one attached hydrogen (secondary N) is 1. The maximum Gasteiger partial charge on any atom is 0.179 e. The number of rotatable bonds is 8. The van der Waals surface area contributed by atoms with E-state index in [1.54, 1.807) is 0 Å². The van der Waals surface area contributed by atoms with Crippen LogP contribution in [0.5, 0.6) is 11.5 Å². The number of para-hydroxylation sites is 1. The predicted octanol–water partition coefficient (Wildman–Crippen LogP) is 8.10. The second-order valence-corrected chi connectivity index (χ2v) is 9.43. The van der Waals surface area contributed by atoms with Crippen LogP contribution in [0.25, 0.3) is 0 Å². The zero-order chi connectivity index (χ0) is 24.2. The number of allylic oxidation sites excluding steroid dienone is 2. The zero-order valence-corrected chi connectivity index (χ0v) is 21.0. The van der Waals surface area contributed by atoms with Crippen molar-refractivity contribution in [3.05, 3.63) is 94.5 Å². The van der Waals surface area contributed by atoms with Crippen LogP contribution < -0.4 is 14.8 Å². The molecule has 0 amide bonds. The van der Waals surface area contributed by atoms with Crippen LogP contribution >= 0.6 is 11.6 Å². The van der Waals surface area contributed by atoms with Crippen molar-refractivity contribution in [2.75, 3.05) is 18.5 Å². The van der Waals surface area contributed by atoms with E-state index >= 15 is 0 Å². The van der Waals surface area contributed by atoms with Crippen LogP contribution in [-0.2, 0) is 0 Å². The minimum Gasteiger partial charge on any atom is -0.490 e. The van der Waals surface area contributed by atoms with Gasteiger partial charge in [-0.3, -0.25) is 4.99 Å². The second kappa shape index (κ2) is 10.6. The average molecular weight is 487 g/mol. The van der Waals surface area contributed by atoms with E-state index in [2.05, 4.69) is 77.9 Å². The number of ether oxygens (including phenoxy) is 2. The average Bonchev–Trinajstić information content (AvgIpc) is 3.38. The highest BCUT2D eigenvalue weighted by molar-refractivity contribution is 6.32. The van der Waals surface area contributed by atoms with Crippen molar-refractivity contribution in [1.82, 2.24) is 0 Å². The van der Waals surface area contributed by atoms with Crippen LogP contribution in [0.3, 0.4) is 0 Å². The van der Waals surface area contributed by atoms with Gasteiger partial charge in [-0.1, -0.05) is 61.0 Å². The van der Waals surface area contributed by atoms with E-state index in [1.807, 2.05) is 25.3 Å². The summed E-state index contributed by atoms with van der Waals surface area (Å²) in [4.78, 5) is 4.69. The molecule has 1 N–H and O–H groups in total. The minimum atomic E-state index is 0.283. The first-order valence-corrected chi connectivity index (χ1v) is 12.8. The molecule has 0 aromatic heterocycles. The molecule has 0 bridgehead atoms. The Morgan fingerprint density at radius 3 is 2.69 bits per heavy atom. The molecule has 3 atom stereocenters. The van der Waals surface area contributed by atoms with Crippen LogP contribution in [0.1, 0.15) is 55.3 Å². The predicted molar refractivity (Wildman–Crippen MR) is 145 cm³/mol. The van der Waals surface area contributed by atoms with Gasteiger partial charge in [0.1, 0.15) is 0 Å². The molecule has 5 rings (SSSR count). The molecule has 0 saturated heterocycles. The van der Waals surface area contributed by atoms with Crippen molar-refractivity contribution in [2.24, 2.45) is 10.9 Å². The number of anilines is 1. The molecular weight excluding hydrogens is 456 g/mol. The van der Waals surface area contributed by atoms with Crippen LogP contribution in [0.4, 0.5) is 11.4 Å². The first-order valence-electron chi connectivity index (χ1n) is 12.4. The Kier molecular flexibility index (Phi) is 7.10. The highest BCUT2D eigenvalue weighted by Crippen LogP contribution is 2.49. The topological polar surface area (TPSA) is 42.8 Å². The van der Waals surface area contributed by atoms with Crippen molar-refractivity contribution in [1.29, 1.82) is 0 Å². The van der Waals surface area contributed by atoms with Gasteiger partial charge in [0.25, 0.3) is 0 Å². The summed E-state index contributed by atoms with van der Waals surface area (Å²) in [5.74, 6) is 2.25. The fraction of sp³-hybridized carbons (Fsp3) is 0.300. The molecule has 180 valence electrons. The monoisotopic (exact) mass is 486 g/mol. The van der Waals surface area contributed by atoms with Gasteiger partial charge >= 0.3 is 0 Å². The van der Waals surface area contributed by atoms with Gasteiger partial charge in [0.15, 0.2) is 11.5 Å². The maximum absolute atomic E-state index is 6.50. The highest BCUT2D eigenvalue weighted by atomic mass is 35.5. The van der Waals surface area contributed by atoms with E-state index in [0.29, 0.717) is 41.6 Å². The van der Waals surface area contributed by atoms with Crippen molar-refractivity contribution < 1.29 is 9.47 Å². The smallest absolute Gasteiger partial charge is 0.179 e. The Balaban J connectivity index is 1.34. The molecule has 5 heteroatoms. The van der Waals surface area contributed by atoms with Gasteiger partial charge in [-0.25, -0.2) is 0 Å². The number of halogens is 1. The molecule has 35 heavy (non-hydrogen) atoms. The summed E-state index contributed by atoms with van der Waals surface area (Å²) in [6.45, 7) is 5.15. The molecule has 2 aliphatic rings. The van der Waals surface area contributed by atoms with E-state index in [1.165, 1.54) is 16.8 Å². The van der Waals surface area contributed by atoms with E-state index in [9.17, 15) is 0 Å². The fourth-order valence-corrected chi connectivity index (χ4v) is 5.33. The van der Waals surface area contributed by atoms with Crippen LogP contribution in [-0.4, -0.2) is 19.4 Å². The Morgan fingerprint density at radius 1 is 1.06 bits per heavy atom. The van der Waals surface area contributed by atoms with E-state index < -0.39 is 0 Å². The first kappa shape index (κ1) is 23.5. The molecule has 0 radical (unpaired) electrons. The largest absolute Gasteiger partial charge is 0.490 e. The molecule has 0 unspecified atom stereocenters. The number of nitrogens with zero attached hydrogens (tertiary/aromatic N) is 1. The van der Waals surface area contributed by atoms with Crippen LogP contribution in [0, 0.1) is 5.92 Å². The molecular formula is C30H31ClN2O2. The van der Waals surface area contributed by atoms with Gasteiger partial charge in [0.05, 0.1) is 30.0 Å². The Morgan fingerprint density at radius 2 is 1.89 bits per heavy atom. The van der Waals surface area contributed by atoms with Gasteiger partial charge in [-0.05, 0) is 72.7 Å². The molecule has 1 aliphatic heterocycles. The third kappa shape index (κ3) is 4.94. The van der Waals surface area contributed by atoms with Crippen molar-refractivity contribution in [3.8, 4) is 11.5 Å². The molecule has 0 fully saturated rings. The summed E-state index contributed by atoms with van der Waals surface area (Å²) < 4.78 is 11.6. The summed E-state index contributed by atoms with van der Waals surface area (Å²) >= 11 is 6.50. The first-order chi connectivity index (χ1) is 17.2. The van der Waals surface area contributed by atoms with Gasteiger partial charge in [-0.15, -0.1) is 0 Å². The number of hydrogen-bond acceptors (Lipinski definition) is 4. The molecule has 3 aromatic carbocycles. The normalized spacial score (nSPS) is 20.4. The van der Waals surface area contributed by atoms with Crippen LogP contribution in [0.2, 0.25) is 5.02 Å². The lowest BCUT2D eigenvalue weighted by Crippen LogP contribution is -2.28. The van der Waals surface area contributed by atoms with Gasteiger partial charge in [-0.2, -0.15) is 0 Å². The SMILES string of the molecule is CCCOc1c(Cl)cc(C=Nc2ccc([C@@H]3Nc4ccccc4[C@H]4C=CC[C@H]43)cc2)cc1OCC. The molecule has 4 nitrogen and oxygen atoms in total. The molecule has 1 heterocycles. The lowest BCUT2D eigenvalue weighted by molar-refractivity contribution is 0.277. The summed E-state index contributed by atoms with van der Waals surface area (Å²) in [7, 11) is 0. The zero-order valence-electron chi connectivity index (χ0n) is 20.2. The highest BCUT2D eigenvalue weighted by Gasteiger charge is 2.37. The number of aliphatic imine (C=N–C) groups is 1. The summed E-state index contributed by atoms with van der Waals surface area (Å²) in [6, 6.07) is 21.3. The second-order valence-electron chi connectivity index (χ2n) is 9.02. The van der Waals surface area contributed by atoms with Crippen molar-refractivity contribution in [2.45, 2.75) is 38.6 Å². The maximum atomic E-state index is 6.50. The molecule has 1 aliphatic carbocycles. The number of benzene rings is 3. The Bertz CT molecular complexity index is 1240. The standard InChI is InChI=1S/C30H31ClN2O2/c1-3-16-35-30-26(31)17-20(18-28(30)34-4-2)19-32-22-14-12-21(13-15-22)29-25-10-7-9-23(25)24-8-5-6-11-27(24)33-29/h5-9,11-15,17-19,23,25,29,33H,3-4,10,16H2,1-2H3/t23-,25-,29+/m1/s1. The number of hydrogen-bond donors (Lipinski definition) is 1. The lowest BCUT2D eigenvalue weighted by Gasteiger charge is -2.37. The van der Waals surface area contributed by atoms with Crippen molar-refractivity contribution >= 4 is 29.2 Å². The van der Waals surface area contributed by atoms with E-state index in [4.69, 9.17) is 21.1 Å². The molecule has 3 aromatic rings. The lowest BCUT2D eigenvalue weighted by atomic mass is 9.77. The van der Waals surface area contributed by atoms with Crippen molar-refractivity contribution in [3.63, 3.8) is 0 Å². The van der Waals surface area contributed by atoms with Gasteiger partial charge in [0, 0.05) is 17.8 Å². The van der Waals surface area contributed by atoms with Gasteiger partial charge in [0.2, 0.25) is 0 Å². The van der Waals surface area contributed by atoms with E-state index in [0.717, 1.165) is 24.1 Å². The number of fused-ring (bicyclic) bond motifs is 3. The summed E-state index contributed by atoms with van der Waals surface area (Å²) in [5, 5.41) is 4.32. The Hall–Kier alpha value is -3.24. The van der Waals surface area contributed by atoms with E-state index in [-0.39, 0.29) is 6.04 Å². The van der Waals surface area contributed by atoms with Gasteiger partial charge < -0.3 is 14.8 Å². The third-order valence-corrected chi connectivity index (χ3v) is 6.95. The minimum absolute atomic E-state index is 0.283. The summed E-state index contributed by atoms with van der Waals surface area (Å²) in [6.07, 6.45) is 8.51. The fourth-order valence-electron chi connectivity index (χ4n) is 5.06. The Labute approximate surface area is 212 Å². The summed E-state index contributed by atoms with van der Waals surface area (Å²) in [5.41, 5.74) is 5.69. The van der Waals surface area contributed by atoms with Crippen LogP contribution in [0.15, 0.2) is 77.8 Å².